The molecule has 2 amide bonds. The Morgan fingerprint density at radius 1 is 1.28 bits per heavy atom. The van der Waals surface area contributed by atoms with Gasteiger partial charge >= 0.3 is 12.2 Å². The quantitative estimate of drug-likeness (QED) is 0.669. The average Bonchev–Trinajstić information content (AvgIpc) is 2.98. The van der Waals surface area contributed by atoms with Crippen LogP contribution in [0.1, 0.15) is 29.8 Å². The van der Waals surface area contributed by atoms with Gasteiger partial charge in [-0.2, -0.15) is 13.2 Å². The normalized spacial score (nSPS) is 17.3. The van der Waals surface area contributed by atoms with Crippen LogP contribution >= 0.6 is 11.6 Å². The Morgan fingerprint density at radius 2 is 1.93 bits per heavy atom. The van der Waals surface area contributed by atoms with Gasteiger partial charge in [-0.1, -0.05) is 37.6 Å². The van der Waals surface area contributed by atoms with Crippen molar-refractivity contribution < 1.29 is 22.8 Å². The summed E-state index contributed by atoms with van der Waals surface area (Å²) in [6, 6.07) is 5.56. The Labute approximate surface area is 170 Å². The lowest BCUT2D eigenvalue weighted by Gasteiger charge is -2.25. The molecule has 0 saturated carbocycles. The summed E-state index contributed by atoms with van der Waals surface area (Å²) in [5, 5.41) is 0.406. The summed E-state index contributed by atoms with van der Waals surface area (Å²) in [6.07, 6.45) is -3.29. The number of nitrogens with zero attached hydrogens (tertiary/aromatic N) is 4. The molecule has 1 atom stereocenters. The van der Waals surface area contributed by atoms with E-state index in [1.165, 1.54) is 15.9 Å². The van der Waals surface area contributed by atoms with E-state index in [0.717, 1.165) is 0 Å². The van der Waals surface area contributed by atoms with E-state index >= 15 is 0 Å². The zero-order valence-electron chi connectivity index (χ0n) is 15.7. The van der Waals surface area contributed by atoms with E-state index in [-0.39, 0.29) is 36.8 Å². The zero-order chi connectivity index (χ0) is 21.3. The van der Waals surface area contributed by atoms with Crippen LogP contribution in [0, 0.1) is 5.92 Å². The molecule has 1 fully saturated rings. The lowest BCUT2D eigenvalue weighted by Crippen LogP contribution is -2.41. The number of benzene rings is 1. The molecule has 1 aliphatic heterocycles. The fraction of sp³-hybridized carbons (Fsp3) is 0.368. The zero-order valence-corrected chi connectivity index (χ0v) is 16.4. The van der Waals surface area contributed by atoms with Crippen molar-refractivity contribution >= 4 is 29.4 Å². The molecule has 0 spiro atoms. The fourth-order valence-electron chi connectivity index (χ4n) is 3.10. The molecule has 0 unspecified atom stereocenters. The van der Waals surface area contributed by atoms with Crippen LogP contribution in [0.15, 0.2) is 36.7 Å². The standard InChI is InChI=1S/C19H18ClF3N4O2/c1-11(2)15-9-27(17-24-7-13(8-25-17)19(21,22)23)18(29)26(15)10-16(28)12-4-3-5-14(20)6-12/h3-8,11,15H,9-10H2,1-2H3/t15-/m1/s1. The fourth-order valence-corrected chi connectivity index (χ4v) is 3.29. The minimum Gasteiger partial charge on any atom is -0.312 e. The SMILES string of the molecule is CC(C)[C@H]1CN(c2ncc(C(F)(F)F)cn2)C(=O)N1CC(=O)c1cccc(Cl)c1. The van der Waals surface area contributed by atoms with E-state index in [9.17, 15) is 22.8 Å². The number of hydrogen-bond acceptors (Lipinski definition) is 4. The van der Waals surface area contributed by atoms with Crippen LogP contribution < -0.4 is 4.90 Å². The summed E-state index contributed by atoms with van der Waals surface area (Å²) in [7, 11) is 0. The van der Waals surface area contributed by atoms with Crippen molar-refractivity contribution in [2.75, 3.05) is 18.0 Å². The summed E-state index contributed by atoms with van der Waals surface area (Å²) in [6.45, 7) is 3.78. The molecular weight excluding hydrogens is 409 g/mol. The van der Waals surface area contributed by atoms with Gasteiger partial charge in [-0.15, -0.1) is 0 Å². The van der Waals surface area contributed by atoms with Crippen LogP contribution in [0.4, 0.5) is 23.9 Å². The highest BCUT2D eigenvalue weighted by Gasteiger charge is 2.42. The van der Waals surface area contributed by atoms with Gasteiger partial charge in [-0.3, -0.25) is 9.69 Å². The number of ketones is 1. The van der Waals surface area contributed by atoms with Crippen LogP contribution in [0.3, 0.4) is 0 Å². The predicted molar refractivity (Wildman–Crippen MR) is 101 cm³/mol. The number of urea groups is 1. The van der Waals surface area contributed by atoms with Crippen molar-refractivity contribution in [3.05, 3.63) is 52.8 Å². The predicted octanol–water partition coefficient (Wildman–Crippen LogP) is 4.30. The highest BCUT2D eigenvalue weighted by molar-refractivity contribution is 6.31. The first kappa shape index (κ1) is 21.0. The number of amides is 2. The molecular formula is C19H18ClF3N4O2. The van der Waals surface area contributed by atoms with Gasteiger partial charge in [-0.05, 0) is 18.1 Å². The molecule has 10 heteroatoms. The third kappa shape index (κ3) is 4.50. The third-order valence-corrected chi connectivity index (χ3v) is 4.92. The van der Waals surface area contributed by atoms with Gasteiger partial charge in [0, 0.05) is 23.0 Å². The molecule has 0 bridgehead atoms. The number of aromatic nitrogens is 2. The smallest absolute Gasteiger partial charge is 0.312 e. The summed E-state index contributed by atoms with van der Waals surface area (Å²) in [4.78, 5) is 35.5. The van der Waals surface area contributed by atoms with E-state index in [1.807, 2.05) is 13.8 Å². The number of hydrogen-bond donors (Lipinski definition) is 0. The summed E-state index contributed by atoms with van der Waals surface area (Å²) >= 11 is 5.92. The Kier molecular flexibility index (Phi) is 5.79. The Hall–Kier alpha value is -2.68. The molecule has 3 rings (SSSR count). The van der Waals surface area contributed by atoms with Gasteiger partial charge in [0.05, 0.1) is 24.7 Å². The van der Waals surface area contributed by atoms with E-state index in [0.29, 0.717) is 23.0 Å². The van der Waals surface area contributed by atoms with E-state index in [1.54, 1.807) is 18.2 Å². The van der Waals surface area contributed by atoms with Crippen molar-refractivity contribution in [1.82, 2.24) is 14.9 Å². The molecule has 2 aromatic rings. The summed E-state index contributed by atoms with van der Waals surface area (Å²) in [5.74, 6) is -0.418. The summed E-state index contributed by atoms with van der Waals surface area (Å²) in [5.41, 5.74) is -0.627. The Morgan fingerprint density at radius 3 is 2.48 bits per heavy atom. The summed E-state index contributed by atoms with van der Waals surface area (Å²) < 4.78 is 38.2. The van der Waals surface area contributed by atoms with Crippen molar-refractivity contribution in [2.45, 2.75) is 26.1 Å². The molecule has 0 aliphatic carbocycles. The first-order valence-electron chi connectivity index (χ1n) is 8.84. The second-order valence-electron chi connectivity index (χ2n) is 7.04. The number of halogens is 4. The monoisotopic (exact) mass is 426 g/mol. The largest absolute Gasteiger partial charge is 0.419 e. The van der Waals surface area contributed by atoms with E-state index in [4.69, 9.17) is 11.6 Å². The molecule has 1 aromatic heterocycles. The molecule has 0 N–H and O–H groups in total. The van der Waals surface area contributed by atoms with Gasteiger partial charge in [-0.25, -0.2) is 14.8 Å². The van der Waals surface area contributed by atoms with Gasteiger partial charge in [0.25, 0.3) is 0 Å². The second kappa shape index (κ2) is 7.98. The maximum absolute atomic E-state index is 12.9. The lowest BCUT2D eigenvalue weighted by atomic mass is 10.0. The maximum atomic E-state index is 12.9. The highest BCUT2D eigenvalue weighted by Crippen LogP contribution is 2.30. The molecule has 0 radical (unpaired) electrons. The minimum absolute atomic E-state index is 0.00515. The van der Waals surface area contributed by atoms with Crippen molar-refractivity contribution in [3.8, 4) is 0 Å². The first-order chi connectivity index (χ1) is 13.6. The van der Waals surface area contributed by atoms with Crippen molar-refractivity contribution in [2.24, 2.45) is 5.92 Å². The second-order valence-corrected chi connectivity index (χ2v) is 7.47. The van der Waals surface area contributed by atoms with Crippen LogP contribution in [0.5, 0.6) is 0 Å². The highest BCUT2D eigenvalue weighted by atomic mass is 35.5. The number of carbonyl (C=O) groups is 2. The van der Waals surface area contributed by atoms with Crippen molar-refractivity contribution in [1.29, 1.82) is 0 Å². The molecule has 29 heavy (non-hydrogen) atoms. The number of carbonyl (C=O) groups excluding carboxylic acids is 2. The van der Waals surface area contributed by atoms with Crippen LogP contribution in [0.25, 0.3) is 0 Å². The van der Waals surface area contributed by atoms with Crippen molar-refractivity contribution in [3.63, 3.8) is 0 Å². The molecule has 1 aliphatic rings. The van der Waals surface area contributed by atoms with Gasteiger partial charge in [0.2, 0.25) is 5.95 Å². The lowest BCUT2D eigenvalue weighted by molar-refractivity contribution is -0.138. The molecule has 154 valence electrons. The Balaban J connectivity index is 1.83. The Bertz CT molecular complexity index is 918. The van der Waals surface area contributed by atoms with Crippen LogP contribution in [-0.2, 0) is 6.18 Å². The maximum Gasteiger partial charge on any atom is 0.419 e. The first-order valence-corrected chi connectivity index (χ1v) is 9.22. The van der Waals surface area contributed by atoms with E-state index in [2.05, 4.69) is 9.97 Å². The number of anilines is 1. The van der Waals surface area contributed by atoms with E-state index < -0.39 is 17.8 Å². The minimum atomic E-state index is -4.57. The van der Waals surface area contributed by atoms with Gasteiger partial charge in [0.1, 0.15) is 0 Å². The number of alkyl halides is 3. The number of rotatable bonds is 5. The molecule has 2 heterocycles. The topological polar surface area (TPSA) is 66.4 Å². The molecule has 6 nitrogen and oxygen atoms in total. The molecule has 1 aromatic carbocycles. The van der Waals surface area contributed by atoms with Crippen LogP contribution in [0.2, 0.25) is 5.02 Å². The van der Waals surface area contributed by atoms with Crippen LogP contribution in [-0.4, -0.2) is 45.8 Å². The average molecular weight is 427 g/mol. The number of Topliss-reactive ketones (excluding diaryl/α,β-unsaturated/α-hetero) is 1. The molecule has 1 saturated heterocycles. The van der Waals surface area contributed by atoms with Gasteiger partial charge in [0.15, 0.2) is 5.78 Å². The van der Waals surface area contributed by atoms with Gasteiger partial charge < -0.3 is 4.90 Å². The third-order valence-electron chi connectivity index (χ3n) is 4.68.